The van der Waals surface area contributed by atoms with E-state index in [2.05, 4.69) is 10.3 Å². The molecule has 0 unspecified atom stereocenters. The van der Waals surface area contributed by atoms with E-state index < -0.39 is 0 Å². The van der Waals surface area contributed by atoms with Crippen LogP contribution in [0.3, 0.4) is 0 Å². The van der Waals surface area contributed by atoms with Crippen LogP contribution in [0.25, 0.3) is 10.6 Å². The minimum Gasteiger partial charge on any atom is -0.497 e. The van der Waals surface area contributed by atoms with Crippen molar-refractivity contribution >= 4 is 22.9 Å². The first-order valence-corrected chi connectivity index (χ1v) is 8.64. The SMILES string of the molecule is COc1ccc(OC)c(NC(=O)Cc2cnc(-c3ccccc3F)s2)c1. The minimum atomic E-state index is -0.334. The van der Waals surface area contributed by atoms with E-state index in [1.807, 2.05) is 0 Å². The van der Waals surface area contributed by atoms with Crippen molar-refractivity contribution in [3.8, 4) is 22.1 Å². The molecular formula is C19H17FN2O3S. The third-order valence-electron chi connectivity index (χ3n) is 3.67. The molecule has 0 aliphatic heterocycles. The number of aromatic nitrogens is 1. The highest BCUT2D eigenvalue weighted by Gasteiger charge is 2.13. The number of hydrogen-bond acceptors (Lipinski definition) is 5. The average Bonchev–Trinajstić information content (AvgIpc) is 3.10. The molecule has 0 aliphatic rings. The second-order valence-electron chi connectivity index (χ2n) is 5.40. The molecule has 1 aromatic heterocycles. The van der Waals surface area contributed by atoms with Crippen LogP contribution in [0.2, 0.25) is 0 Å². The maximum Gasteiger partial charge on any atom is 0.229 e. The van der Waals surface area contributed by atoms with E-state index in [1.54, 1.807) is 49.7 Å². The molecule has 3 aromatic rings. The Kier molecular flexibility index (Phi) is 5.48. The number of carbonyl (C=O) groups excluding carboxylic acids is 1. The molecule has 0 bridgehead atoms. The summed E-state index contributed by atoms with van der Waals surface area (Å²) < 4.78 is 24.3. The second kappa shape index (κ2) is 7.97. The number of benzene rings is 2. The van der Waals surface area contributed by atoms with E-state index in [4.69, 9.17) is 9.47 Å². The topological polar surface area (TPSA) is 60.5 Å². The number of rotatable bonds is 6. The van der Waals surface area contributed by atoms with Crippen LogP contribution in [0.15, 0.2) is 48.7 Å². The Labute approximate surface area is 154 Å². The first kappa shape index (κ1) is 17.9. The van der Waals surface area contributed by atoms with Gasteiger partial charge in [0.1, 0.15) is 22.3 Å². The molecule has 0 saturated heterocycles. The Morgan fingerprint density at radius 2 is 2.00 bits per heavy atom. The van der Waals surface area contributed by atoms with Crippen molar-refractivity contribution in [1.29, 1.82) is 0 Å². The fourth-order valence-electron chi connectivity index (χ4n) is 2.41. The average molecular weight is 372 g/mol. The third kappa shape index (κ3) is 4.00. The molecule has 26 heavy (non-hydrogen) atoms. The van der Waals surface area contributed by atoms with Crippen molar-refractivity contribution in [2.45, 2.75) is 6.42 Å². The van der Waals surface area contributed by atoms with Gasteiger partial charge in [0, 0.05) is 22.7 Å². The maximum absolute atomic E-state index is 13.9. The van der Waals surface area contributed by atoms with E-state index in [1.165, 1.54) is 24.5 Å². The van der Waals surface area contributed by atoms with E-state index >= 15 is 0 Å². The van der Waals surface area contributed by atoms with Crippen LogP contribution in [0.5, 0.6) is 11.5 Å². The minimum absolute atomic E-state index is 0.131. The molecule has 2 aromatic carbocycles. The van der Waals surface area contributed by atoms with Gasteiger partial charge in [-0.1, -0.05) is 12.1 Å². The summed E-state index contributed by atoms with van der Waals surface area (Å²) in [5.41, 5.74) is 0.953. The molecule has 0 fully saturated rings. The number of hydrogen-bond donors (Lipinski definition) is 1. The number of thiazole rings is 1. The number of amides is 1. The quantitative estimate of drug-likeness (QED) is 0.706. The number of nitrogens with zero attached hydrogens (tertiary/aromatic N) is 1. The zero-order chi connectivity index (χ0) is 18.5. The highest BCUT2D eigenvalue weighted by Crippen LogP contribution is 2.30. The number of halogens is 1. The molecule has 0 radical (unpaired) electrons. The van der Waals surface area contributed by atoms with E-state index in [9.17, 15) is 9.18 Å². The number of anilines is 1. The van der Waals surface area contributed by atoms with Crippen molar-refractivity contribution in [3.63, 3.8) is 0 Å². The zero-order valence-corrected chi connectivity index (χ0v) is 15.1. The lowest BCUT2D eigenvalue weighted by Crippen LogP contribution is -2.14. The Bertz CT molecular complexity index is 927. The summed E-state index contributed by atoms with van der Waals surface area (Å²) in [6.07, 6.45) is 1.72. The van der Waals surface area contributed by atoms with Gasteiger partial charge >= 0.3 is 0 Å². The smallest absolute Gasteiger partial charge is 0.229 e. The summed E-state index contributed by atoms with van der Waals surface area (Å²) in [6.45, 7) is 0. The molecule has 0 aliphatic carbocycles. The lowest BCUT2D eigenvalue weighted by atomic mass is 10.2. The maximum atomic E-state index is 13.9. The first-order valence-electron chi connectivity index (χ1n) is 7.82. The highest BCUT2D eigenvalue weighted by atomic mass is 32.1. The van der Waals surface area contributed by atoms with Crippen LogP contribution >= 0.6 is 11.3 Å². The van der Waals surface area contributed by atoms with Crippen LogP contribution in [0.1, 0.15) is 4.88 Å². The normalized spacial score (nSPS) is 10.4. The van der Waals surface area contributed by atoms with Gasteiger partial charge < -0.3 is 14.8 Å². The largest absolute Gasteiger partial charge is 0.497 e. The van der Waals surface area contributed by atoms with Crippen LogP contribution in [-0.2, 0) is 11.2 Å². The van der Waals surface area contributed by atoms with E-state index in [-0.39, 0.29) is 18.1 Å². The summed E-state index contributed by atoms with van der Waals surface area (Å²) in [7, 11) is 3.08. The molecule has 1 heterocycles. The molecular weight excluding hydrogens is 355 g/mol. The van der Waals surface area contributed by atoms with Crippen LogP contribution in [-0.4, -0.2) is 25.1 Å². The lowest BCUT2D eigenvalue weighted by molar-refractivity contribution is -0.115. The summed E-state index contributed by atoms with van der Waals surface area (Å²) in [5, 5.41) is 3.35. The monoisotopic (exact) mass is 372 g/mol. The Morgan fingerprint density at radius 1 is 1.19 bits per heavy atom. The first-order chi connectivity index (χ1) is 12.6. The van der Waals surface area contributed by atoms with E-state index in [0.29, 0.717) is 27.8 Å². The van der Waals surface area contributed by atoms with Crippen LogP contribution in [0, 0.1) is 5.82 Å². The predicted octanol–water partition coefficient (Wildman–Crippen LogP) is 4.15. The molecule has 5 nitrogen and oxygen atoms in total. The van der Waals surface area contributed by atoms with Gasteiger partial charge in [0.05, 0.1) is 26.3 Å². The Balaban J connectivity index is 1.73. The number of carbonyl (C=O) groups is 1. The van der Waals surface area contributed by atoms with Gasteiger partial charge in [-0.3, -0.25) is 4.79 Å². The highest BCUT2D eigenvalue weighted by molar-refractivity contribution is 7.15. The molecule has 134 valence electrons. The van der Waals surface area contributed by atoms with Crippen molar-refractivity contribution in [2.24, 2.45) is 0 Å². The van der Waals surface area contributed by atoms with Crippen molar-refractivity contribution in [2.75, 3.05) is 19.5 Å². The molecule has 3 rings (SSSR count). The van der Waals surface area contributed by atoms with Crippen molar-refractivity contribution in [3.05, 3.63) is 59.4 Å². The predicted molar refractivity (Wildman–Crippen MR) is 99.4 cm³/mol. The van der Waals surface area contributed by atoms with Gasteiger partial charge in [-0.25, -0.2) is 9.37 Å². The molecule has 0 saturated carbocycles. The fraction of sp³-hybridized carbons (Fsp3) is 0.158. The summed E-state index contributed by atoms with van der Waals surface area (Å²) in [6, 6.07) is 11.6. The van der Waals surface area contributed by atoms with Crippen molar-refractivity contribution < 1.29 is 18.7 Å². The van der Waals surface area contributed by atoms with Crippen molar-refractivity contribution in [1.82, 2.24) is 4.98 Å². The number of ether oxygens (including phenoxy) is 2. The Morgan fingerprint density at radius 3 is 2.73 bits per heavy atom. The van der Waals surface area contributed by atoms with Gasteiger partial charge in [0.15, 0.2) is 0 Å². The molecule has 1 N–H and O–H groups in total. The van der Waals surface area contributed by atoms with E-state index in [0.717, 1.165) is 4.88 Å². The summed E-state index contributed by atoms with van der Waals surface area (Å²) >= 11 is 1.29. The second-order valence-corrected chi connectivity index (χ2v) is 6.52. The summed E-state index contributed by atoms with van der Waals surface area (Å²) in [5.74, 6) is 0.593. The van der Waals surface area contributed by atoms with Gasteiger partial charge in [-0.05, 0) is 24.3 Å². The number of nitrogens with one attached hydrogen (secondary N) is 1. The molecule has 0 atom stereocenters. The Hall–Kier alpha value is -2.93. The standard InChI is InChI=1S/C19H17FN2O3S/c1-24-12-7-8-17(25-2)16(9-12)22-18(23)10-13-11-21-19(26-13)14-5-3-4-6-15(14)20/h3-9,11H,10H2,1-2H3,(H,22,23). The molecule has 1 amide bonds. The van der Waals surface area contributed by atoms with Crippen LogP contribution in [0.4, 0.5) is 10.1 Å². The van der Waals surface area contributed by atoms with Gasteiger partial charge in [-0.2, -0.15) is 0 Å². The molecule has 7 heteroatoms. The number of methoxy groups -OCH3 is 2. The lowest BCUT2D eigenvalue weighted by Gasteiger charge is -2.11. The van der Waals surface area contributed by atoms with Gasteiger partial charge in [-0.15, -0.1) is 11.3 Å². The molecule has 0 spiro atoms. The third-order valence-corrected chi connectivity index (χ3v) is 4.70. The van der Waals surface area contributed by atoms with Gasteiger partial charge in [0.2, 0.25) is 5.91 Å². The van der Waals surface area contributed by atoms with Gasteiger partial charge in [0.25, 0.3) is 0 Å². The summed E-state index contributed by atoms with van der Waals surface area (Å²) in [4.78, 5) is 17.3. The fourth-order valence-corrected chi connectivity index (χ4v) is 3.35. The zero-order valence-electron chi connectivity index (χ0n) is 14.3. The van der Waals surface area contributed by atoms with Crippen LogP contribution < -0.4 is 14.8 Å².